The Morgan fingerprint density at radius 2 is 1.13 bits per heavy atom. The third-order valence-electron chi connectivity index (χ3n) is 8.30. The van der Waals surface area contributed by atoms with Crippen molar-refractivity contribution >= 4 is 11.9 Å². The number of carbonyl (C=O) groups is 2. The number of carbonyl (C=O) groups excluding carboxylic acids is 2. The van der Waals surface area contributed by atoms with Crippen molar-refractivity contribution in [3.8, 4) is 0 Å². The van der Waals surface area contributed by atoms with E-state index < -0.39 is 24.3 Å². The smallest absolute Gasteiger partial charge is 0.305 e. The highest BCUT2D eigenvalue weighted by Crippen LogP contribution is 2.15. The fourth-order valence-electron chi connectivity index (χ4n) is 4.96. The minimum absolute atomic E-state index is 0.124. The average molecular weight is 663 g/mol. The van der Waals surface area contributed by atoms with Crippen LogP contribution in [0.25, 0.3) is 0 Å². The quantitative estimate of drug-likeness (QED) is 0.0285. The Balaban J connectivity index is 3.74. The van der Waals surface area contributed by atoms with Gasteiger partial charge in [0, 0.05) is 12.8 Å². The number of hydrogen-bond acceptors (Lipinski definition) is 7. The minimum Gasteiger partial charge on any atom is -0.463 e. The molecular formula is C40H70O7. The zero-order chi connectivity index (χ0) is 34.8. The van der Waals surface area contributed by atoms with Crippen molar-refractivity contribution in [3.63, 3.8) is 0 Å². The Kier molecular flexibility index (Phi) is 32.1. The van der Waals surface area contributed by atoms with Gasteiger partial charge < -0.3 is 24.8 Å². The second-order valence-electron chi connectivity index (χ2n) is 13.0. The van der Waals surface area contributed by atoms with E-state index in [1.165, 1.54) is 77.0 Å². The van der Waals surface area contributed by atoms with Crippen molar-refractivity contribution in [3.05, 3.63) is 48.6 Å². The van der Waals surface area contributed by atoms with Gasteiger partial charge in [-0.15, -0.1) is 0 Å². The van der Waals surface area contributed by atoms with Gasteiger partial charge in [0.2, 0.25) is 0 Å². The molecule has 0 heterocycles. The summed E-state index contributed by atoms with van der Waals surface area (Å²) in [5.74, 6) is 0.0640. The van der Waals surface area contributed by atoms with E-state index in [0.29, 0.717) is 25.7 Å². The van der Waals surface area contributed by atoms with Gasteiger partial charge in [0.05, 0.1) is 12.2 Å². The van der Waals surface area contributed by atoms with Crippen LogP contribution >= 0.6 is 0 Å². The molecule has 0 amide bonds. The van der Waals surface area contributed by atoms with Crippen molar-refractivity contribution in [2.24, 2.45) is 5.92 Å². The van der Waals surface area contributed by atoms with Gasteiger partial charge in [0.25, 0.3) is 0 Å². The average Bonchev–Trinajstić information content (AvgIpc) is 3.06. The molecule has 0 aliphatic rings. The van der Waals surface area contributed by atoms with Gasteiger partial charge in [-0.25, -0.2) is 0 Å². The standard InChI is InChI=1S/C40H70O7/c1-4-6-7-8-16-21-27-36(41)28-22-18-19-23-29-37(42)30-25-32-40(45)47-34-38(43)33-46-39(44)31-24-17-14-12-10-9-11-13-15-20-26-35(3)5-2/h16,18-19,21-23,28-29,35-38,41-43H,4-15,17,20,24-27,30-34H2,1-3H3/b19-18+,21-16-,28-22+,29-23-/t35?,36-,37-,38-/m1/s1. The number of esters is 2. The fourth-order valence-corrected chi connectivity index (χ4v) is 4.96. The second-order valence-corrected chi connectivity index (χ2v) is 13.0. The predicted molar refractivity (Wildman–Crippen MR) is 194 cm³/mol. The summed E-state index contributed by atoms with van der Waals surface area (Å²) in [7, 11) is 0. The molecule has 4 atom stereocenters. The summed E-state index contributed by atoms with van der Waals surface area (Å²) < 4.78 is 10.2. The first-order valence-corrected chi connectivity index (χ1v) is 18.8. The summed E-state index contributed by atoms with van der Waals surface area (Å²) in [5.41, 5.74) is 0. The van der Waals surface area contributed by atoms with Crippen LogP contribution in [0.15, 0.2) is 48.6 Å². The van der Waals surface area contributed by atoms with E-state index in [-0.39, 0.29) is 25.6 Å². The van der Waals surface area contributed by atoms with Crippen LogP contribution in [-0.2, 0) is 19.1 Å². The summed E-state index contributed by atoms with van der Waals surface area (Å²) in [6.07, 6.45) is 33.6. The number of rotatable bonds is 32. The lowest BCUT2D eigenvalue weighted by Crippen LogP contribution is -2.25. The number of hydrogen-bond donors (Lipinski definition) is 3. The first-order valence-electron chi connectivity index (χ1n) is 18.8. The molecule has 0 saturated carbocycles. The lowest BCUT2D eigenvalue weighted by molar-refractivity contribution is -0.152. The summed E-state index contributed by atoms with van der Waals surface area (Å²) in [6, 6.07) is 0. The van der Waals surface area contributed by atoms with Crippen molar-refractivity contribution in [1.29, 1.82) is 0 Å². The predicted octanol–water partition coefficient (Wildman–Crippen LogP) is 9.25. The molecule has 0 saturated heterocycles. The van der Waals surface area contributed by atoms with Crippen molar-refractivity contribution in [2.75, 3.05) is 13.2 Å². The molecule has 3 N–H and O–H groups in total. The highest BCUT2D eigenvalue weighted by atomic mass is 16.6. The lowest BCUT2D eigenvalue weighted by Gasteiger charge is -2.12. The van der Waals surface area contributed by atoms with Crippen LogP contribution in [0.4, 0.5) is 0 Å². The number of allylic oxidation sites excluding steroid dienone is 5. The molecule has 0 spiro atoms. The summed E-state index contributed by atoms with van der Waals surface area (Å²) >= 11 is 0. The van der Waals surface area contributed by atoms with E-state index in [9.17, 15) is 24.9 Å². The van der Waals surface area contributed by atoms with E-state index in [1.807, 2.05) is 6.08 Å². The number of ether oxygens (including phenoxy) is 2. The Hall–Kier alpha value is -2.22. The maximum atomic E-state index is 12.0. The Bertz CT molecular complexity index is 848. The van der Waals surface area contributed by atoms with Crippen molar-refractivity contribution in [1.82, 2.24) is 0 Å². The van der Waals surface area contributed by atoms with Crippen LogP contribution in [0.2, 0.25) is 0 Å². The molecule has 7 heteroatoms. The molecule has 0 aliphatic heterocycles. The van der Waals surface area contributed by atoms with Gasteiger partial charge in [-0.1, -0.05) is 153 Å². The molecule has 0 bridgehead atoms. The topological polar surface area (TPSA) is 113 Å². The highest BCUT2D eigenvalue weighted by molar-refractivity contribution is 5.69. The zero-order valence-electron chi connectivity index (χ0n) is 30.2. The monoisotopic (exact) mass is 663 g/mol. The van der Waals surface area contributed by atoms with Crippen LogP contribution in [0.1, 0.15) is 156 Å². The third-order valence-corrected chi connectivity index (χ3v) is 8.30. The molecule has 0 aromatic rings. The molecule has 0 fully saturated rings. The Morgan fingerprint density at radius 3 is 1.70 bits per heavy atom. The molecule has 272 valence electrons. The lowest BCUT2D eigenvalue weighted by atomic mass is 9.99. The maximum absolute atomic E-state index is 12.0. The van der Waals surface area contributed by atoms with Crippen LogP contribution in [-0.4, -0.2) is 58.8 Å². The fraction of sp³-hybridized carbons (Fsp3) is 0.750. The largest absolute Gasteiger partial charge is 0.463 e. The van der Waals surface area contributed by atoms with Gasteiger partial charge >= 0.3 is 11.9 Å². The summed E-state index contributed by atoms with van der Waals surface area (Å²) in [6.45, 7) is 6.37. The molecule has 0 aliphatic carbocycles. The molecule has 7 nitrogen and oxygen atoms in total. The summed E-state index contributed by atoms with van der Waals surface area (Å²) in [4.78, 5) is 23.9. The zero-order valence-corrected chi connectivity index (χ0v) is 30.2. The van der Waals surface area contributed by atoms with E-state index >= 15 is 0 Å². The molecule has 0 aromatic heterocycles. The van der Waals surface area contributed by atoms with Gasteiger partial charge in [0.1, 0.15) is 19.3 Å². The molecule has 0 aromatic carbocycles. The second kappa shape index (κ2) is 33.7. The maximum Gasteiger partial charge on any atom is 0.305 e. The first-order chi connectivity index (χ1) is 22.8. The first kappa shape index (κ1) is 44.8. The van der Waals surface area contributed by atoms with Crippen molar-refractivity contribution < 1.29 is 34.4 Å². The molecule has 1 unspecified atom stereocenters. The molecule has 0 radical (unpaired) electrons. The number of aliphatic hydroxyl groups is 3. The summed E-state index contributed by atoms with van der Waals surface area (Å²) in [5, 5.41) is 30.0. The Labute approximate surface area is 287 Å². The van der Waals surface area contributed by atoms with Crippen molar-refractivity contribution in [2.45, 2.75) is 174 Å². The highest BCUT2D eigenvalue weighted by Gasteiger charge is 2.12. The van der Waals surface area contributed by atoms with Gasteiger partial charge in [-0.2, -0.15) is 0 Å². The van der Waals surface area contributed by atoms with E-state index in [1.54, 1.807) is 36.5 Å². The van der Waals surface area contributed by atoms with Gasteiger partial charge in [0.15, 0.2) is 0 Å². The number of unbranched alkanes of at least 4 members (excludes halogenated alkanes) is 12. The molecule has 47 heavy (non-hydrogen) atoms. The minimum atomic E-state index is -1.06. The van der Waals surface area contributed by atoms with Crippen LogP contribution in [0.5, 0.6) is 0 Å². The third kappa shape index (κ3) is 33.5. The van der Waals surface area contributed by atoms with E-state index in [0.717, 1.165) is 31.6 Å². The molecular weight excluding hydrogens is 592 g/mol. The van der Waals surface area contributed by atoms with Crippen LogP contribution in [0, 0.1) is 5.92 Å². The van der Waals surface area contributed by atoms with Crippen LogP contribution in [0.3, 0.4) is 0 Å². The number of aliphatic hydroxyl groups excluding tert-OH is 3. The van der Waals surface area contributed by atoms with E-state index in [2.05, 4.69) is 26.8 Å². The molecule has 0 rings (SSSR count). The van der Waals surface area contributed by atoms with E-state index in [4.69, 9.17) is 9.47 Å². The van der Waals surface area contributed by atoms with Gasteiger partial charge in [-0.3, -0.25) is 9.59 Å². The Morgan fingerprint density at radius 1 is 0.596 bits per heavy atom. The van der Waals surface area contributed by atoms with Crippen LogP contribution < -0.4 is 0 Å². The SMILES string of the molecule is CCCCC/C=C\C[C@@H](O)/C=C/C=C/C=C\[C@@H](O)CCCC(=O)OC[C@H](O)COC(=O)CCCCCCCCCCCCC(C)CC. The van der Waals surface area contributed by atoms with Gasteiger partial charge in [-0.05, 0) is 44.4 Å². The normalized spacial score (nSPS) is 14.8.